The first-order chi connectivity index (χ1) is 7.83. The Morgan fingerprint density at radius 3 is 2.75 bits per heavy atom. The van der Waals surface area contributed by atoms with Gasteiger partial charge in [-0.1, -0.05) is 13.3 Å². The molecule has 0 radical (unpaired) electrons. The maximum absolute atomic E-state index is 5.79. The van der Waals surface area contributed by atoms with Crippen LogP contribution in [0.1, 0.15) is 51.9 Å². The van der Waals surface area contributed by atoms with E-state index in [1.54, 1.807) is 0 Å². The lowest BCUT2D eigenvalue weighted by molar-refractivity contribution is 0.0679. The highest BCUT2D eigenvalue weighted by Crippen LogP contribution is 2.35. The smallest absolute Gasteiger partial charge is 0.0579 e. The summed E-state index contributed by atoms with van der Waals surface area (Å²) < 4.78 is 5.79. The van der Waals surface area contributed by atoms with Gasteiger partial charge < -0.3 is 10.1 Å². The number of rotatable bonds is 4. The van der Waals surface area contributed by atoms with E-state index in [4.69, 9.17) is 4.74 Å². The van der Waals surface area contributed by atoms with E-state index in [-0.39, 0.29) is 0 Å². The lowest BCUT2D eigenvalue weighted by Gasteiger charge is -2.37. The summed E-state index contributed by atoms with van der Waals surface area (Å²) in [6.45, 7) is 3.34. The summed E-state index contributed by atoms with van der Waals surface area (Å²) in [4.78, 5) is 0. The molecule has 4 atom stereocenters. The maximum Gasteiger partial charge on any atom is 0.0579 e. The van der Waals surface area contributed by atoms with Crippen molar-refractivity contribution in [2.45, 2.75) is 64.0 Å². The SMILES string of the molecule is CCC1CCC(NC)C(CC2CCCO2)C1. The quantitative estimate of drug-likeness (QED) is 0.794. The second-order valence-corrected chi connectivity index (χ2v) is 5.61. The van der Waals surface area contributed by atoms with Crippen molar-refractivity contribution in [1.29, 1.82) is 0 Å². The van der Waals surface area contributed by atoms with Crippen LogP contribution < -0.4 is 5.32 Å². The van der Waals surface area contributed by atoms with Crippen molar-refractivity contribution in [3.05, 3.63) is 0 Å². The molecule has 2 fully saturated rings. The molecule has 1 saturated carbocycles. The van der Waals surface area contributed by atoms with E-state index in [2.05, 4.69) is 19.3 Å². The van der Waals surface area contributed by atoms with Gasteiger partial charge in [0.25, 0.3) is 0 Å². The van der Waals surface area contributed by atoms with E-state index >= 15 is 0 Å². The normalized spacial score (nSPS) is 40.1. The van der Waals surface area contributed by atoms with Gasteiger partial charge in [0.15, 0.2) is 0 Å². The Bertz CT molecular complexity index is 201. The molecule has 4 unspecified atom stereocenters. The molecule has 1 heterocycles. The Kier molecular flexibility index (Phi) is 4.66. The van der Waals surface area contributed by atoms with Crippen LogP contribution in [-0.4, -0.2) is 25.8 Å². The first kappa shape index (κ1) is 12.4. The number of ether oxygens (including phenoxy) is 1. The van der Waals surface area contributed by atoms with Gasteiger partial charge in [-0.15, -0.1) is 0 Å². The first-order valence-electron chi connectivity index (χ1n) is 7.12. The van der Waals surface area contributed by atoms with Crippen molar-refractivity contribution in [3.63, 3.8) is 0 Å². The van der Waals surface area contributed by atoms with Gasteiger partial charge in [0.1, 0.15) is 0 Å². The Morgan fingerprint density at radius 2 is 2.12 bits per heavy atom. The van der Waals surface area contributed by atoms with E-state index in [1.807, 2.05) is 0 Å². The topological polar surface area (TPSA) is 21.3 Å². The highest BCUT2D eigenvalue weighted by atomic mass is 16.5. The van der Waals surface area contributed by atoms with Crippen molar-refractivity contribution in [3.8, 4) is 0 Å². The van der Waals surface area contributed by atoms with Crippen molar-refractivity contribution in [1.82, 2.24) is 5.32 Å². The molecule has 2 aliphatic rings. The van der Waals surface area contributed by atoms with Crippen molar-refractivity contribution >= 4 is 0 Å². The average Bonchev–Trinajstić information content (AvgIpc) is 2.82. The van der Waals surface area contributed by atoms with E-state index in [9.17, 15) is 0 Å². The van der Waals surface area contributed by atoms with Gasteiger partial charge >= 0.3 is 0 Å². The van der Waals surface area contributed by atoms with E-state index in [0.29, 0.717) is 6.10 Å². The molecule has 0 aromatic carbocycles. The molecule has 1 saturated heterocycles. The summed E-state index contributed by atoms with van der Waals surface area (Å²) >= 11 is 0. The highest BCUT2D eigenvalue weighted by Gasteiger charge is 2.31. The average molecular weight is 225 g/mol. The van der Waals surface area contributed by atoms with Gasteiger partial charge in [-0.25, -0.2) is 0 Å². The van der Waals surface area contributed by atoms with E-state index in [1.165, 1.54) is 44.9 Å². The van der Waals surface area contributed by atoms with Gasteiger partial charge in [-0.05, 0) is 57.4 Å². The molecule has 0 bridgehead atoms. The van der Waals surface area contributed by atoms with Gasteiger partial charge in [-0.3, -0.25) is 0 Å². The van der Waals surface area contributed by atoms with Crippen molar-refractivity contribution < 1.29 is 4.74 Å². The zero-order valence-electron chi connectivity index (χ0n) is 10.9. The van der Waals surface area contributed by atoms with Crippen LogP contribution in [0.3, 0.4) is 0 Å². The number of nitrogens with one attached hydrogen (secondary N) is 1. The molecule has 0 amide bonds. The molecule has 1 aliphatic carbocycles. The van der Waals surface area contributed by atoms with Crippen LogP contribution in [0.15, 0.2) is 0 Å². The second kappa shape index (κ2) is 6.02. The van der Waals surface area contributed by atoms with Gasteiger partial charge in [-0.2, -0.15) is 0 Å². The van der Waals surface area contributed by atoms with Crippen molar-refractivity contribution in [2.24, 2.45) is 11.8 Å². The zero-order chi connectivity index (χ0) is 11.4. The minimum Gasteiger partial charge on any atom is -0.378 e. The maximum atomic E-state index is 5.79. The Morgan fingerprint density at radius 1 is 1.25 bits per heavy atom. The van der Waals surface area contributed by atoms with Crippen LogP contribution in [0.2, 0.25) is 0 Å². The van der Waals surface area contributed by atoms with Crippen LogP contribution in [0.5, 0.6) is 0 Å². The monoisotopic (exact) mass is 225 g/mol. The van der Waals surface area contributed by atoms with Crippen molar-refractivity contribution in [2.75, 3.05) is 13.7 Å². The second-order valence-electron chi connectivity index (χ2n) is 5.61. The van der Waals surface area contributed by atoms with E-state index < -0.39 is 0 Å². The predicted octanol–water partition coefficient (Wildman–Crippen LogP) is 2.97. The number of hydrogen-bond donors (Lipinski definition) is 1. The third-order valence-electron chi connectivity index (χ3n) is 4.63. The van der Waals surface area contributed by atoms with Crippen LogP contribution >= 0.6 is 0 Å². The fraction of sp³-hybridized carbons (Fsp3) is 1.00. The third kappa shape index (κ3) is 2.98. The lowest BCUT2D eigenvalue weighted by Crippen LogP contribution is -2.40. The zero-order valence-corrected chi connectivity index (χ0v) is 10.9. The summed E-state index contributed by atoms with van der Waals surface area (Å²) in [5.74, 6) is 1.82. The Labute approximate surface area is 100 Å². The van der Waals surface area contributed by atoms with Crippen LogP contribution in [0.25, 0.3) is 0 Å². The molecule has 94 valence electrons. The predicted molar refractivity (Wildman–Crippen MR) is 67.6 cm³/mol. The minimum absolute atomic E-state index is 0.566. The van der Waals surface area contributed by atoms with Crippen LogP contribution in [-0.2, 0) is 4.74 Å². The molecule has 2 heteroatoms. The molecule has 2 nitrogen and oxygen atoms in total. The largest absolute Gasteiger partial charge is 0.378 e. The molecular formula is C14H27NO. The standard InChI is InChI=1S/C14H27NO/c1-3-11-6-7-14(15-2)12(9-11)10-13-5-4-8-16-13/h11-15H,3-10H2,1-2H3. The molecule has 2 rings (SSSR count). The number of hydrogen-bond acceptors (Lipinski definition) is 2. The molecular weight excluding hydrogens is 198 g/mol. The Hall–Kier alpha value is -0.0800. The molecule has 1 aliphatic heterocycles. The molecule has 1 N–H and O–H groups in total. The fourth-order valence-electron chi connectivity index (χ4n) is 3.54. The van der Waals surface area contributed by atoms with Gasteiger partial charge in [0.2, 0.25) is 0 Å². The summed E-state index contributed by atoms with van der Waals surface area (Å²) in [6.07, 6.45) is 10.00. The van der Waals surface area contributed by atoms with Gasteiger partial charge in [0.05, 0.1) is 6.10 Å². The molecule has 0 spiro atoms. The highest BCUT2D eigenvalue weighted by molar-refractivity contribution is 4.86. The third-order valence-corrected chi connectivity index (χ3v) is 4.63. The first-order valence-corrected chi connectivity index (χ1v) is 7.12. The van der Waals surface area contributed by atoms with Gasteiger partial charge in [0, 0.05) is 12.6 Å². The lowest BCUT2D eigenvalue weighted by atomic mass is 9.74. The summed E-state index contributed by atoms with van der Waals surface area (Å²) in [6, 6.07) is 0.743. The van der Waals surface area contributed by atoms with Crippen LogP contribution in [0.4, 0.5) is 0 Å². The summed E-state index contributed by atoms with van der Waals surface area (Å²) in [7, 11) is 2.12. The van der Waals surface area contributed by atoms with E-state index in [0.717, 1.165) is 24.5 Å². The molecule has 0 aromatic rings. The summed E-state index contributed by atoms with van der Waals surface area (Å²) in [5.41, 5.74) is 0. The molecule has 0 aromatic heterocycles. The van der Waals surface area contributed by atoms with Crippen LogP contribution in [0, 0.1) is 11.8 Å². The summed E-state index contributed by atoms with van der Waals surface area (Å²) in [5, 5.41) is 3.52. The minimum atomic E-state index is 0.566. The fourth-order valence-corrected chi connectivity index (χ4v) is 3.54. The Balaban J connectivity index is 1.86. The molecule has 16 heavy (non-hydrogen) atoms.